The van der Waals surface area contributed by atoms with Crippen molar-refractivity contribution in [3.05, 3.63) is 23.9 Å². The maximum absolute atomic E-state index is 12.0. The highest BCUT2D eigenvalue weighted by atomic mass is 16.3. The summed E-state index contributed by atoms with van der Waals surface area (Å²) < 4.78 is 0. The Morgan fingerprint density at radius 3 is 2.88 bits per heavy atom. The van der Waals surface area contributed by atoms with Gasteiger partial charge in [-0.2, -0.15) is 0 Å². The first-order valence-corrected chi connectivity index (χ1v) is 6.17. The minimum absolute atomic E-state index is 0.0399. The van der Waals surface area contributed by atoms with Crippen molar-refractivity contribution in [2.45, 2.75) is 38.7 Å². The number of aliphatic hydroxyl groups is 1. The largest absolute Gasteiger partial charge is 0.392 e. The summed E-state index contributed by atoms with van der Waals surface area (Å²) in [6.07, 6.45) is 7.05. The van der Waals surface area contributed by atoms with Gasteiger partial charge in [-0.25, -0.2) is 4.98 Å². The van der Waals surface area contributed by atoms with Gasteiger partial charge >= 0.3 is 0 Å². The number of rotatable bonds is 3. The number of carbonyl (C=O) groups excluding carboxylic acids is 1. The Hall–Kier alpha value is -1.42. The Labute approximate surface area is 101 Å². The Balaban J connectivity index is 2.01. The van der Waals surface area contributed by atoms with E-state index in [1.165, 1.54) is 6.42 Å². The molecule has 0 aliphatic heterocycles. The van der Waals surface area contributed by atoms with Crippen LogP contribution in [0.2, 0.25) is 0 Å². The predicted molar refractivity (Wildman–Crippen MR) is 65.4 cm³/mol. The number of nitrogens with one attached hydrogen (secondary N) is 1. The van der Waals surface area contributed by atoms with Crippen LogP contribution in [0, 0.1) is 5.92 Å². The van der Waals surface area contributed by atoms with Crippen LogP contribution in [0.5, 0.6) is 0 Å². The third-order valence-corrected chi connectivity index (χ3v) is 3.28. The molecule has 1 aromatic rings. The molecule has 1 amide bonds. The van der Waals surface area contributed by atoms with Gasteiger partial charge in [0.25, 0.3) is 0 Å². The lowest BCUT2D eigenvalue weighted by Crippen LogP contribution is -2.25. The number of pyridine rings is 1. The highest BCUT2D eigenvalue weighted by molar-refractivity contribution is 5.92. The topological polar surface area (TPSA) is 62.2 Å². The quantitative estimate of drug-likeness (QED) is 0.841. The van der Waals surface area contributed by atoms with Crippen LogP contribution in [-0.4, -0.2) is 16.0 Å². The first kappa shape index (κ1) is 12.0. The summed E-state index contributed by atoms with van der Waals surface area (Å²) in [6.45, 7) is -0.103. The van der Waals surface area contributed by atoms with E-state index in [2.05, 4.69) is 10.3 Å². The lowest BCUT2D eigenvalue weighted by molar-refractivity contribution is -0.120. The van der Waals surface area contributed by atoms with Crippen molar-refractivity contribution in [1.29, 1.82) is 0 Å². The minimum Gasteiger partial charge on any atom is -0.392 e. The number of carbonyl (C=O) groups is 1. The van der Waals surface area contributed by atoms with Gasteiger partial charge in [-0.15, -0.1) is 0 Å². The van der Waals surface area contributed by atoms with Crippen molar-refractivity contribution in [3.63, 3.8) is 0 Å². The summed E-state index contributed by atoms with van der Waals surface area (Å²) in [4.78, 5) is 16.1. The smallest absolute Gasteiger partial charge is 0.228 e. The summed E-state index contributed by atoms with van der Waals surface area (Å²) in [6, 6.07) is 3.52. The molecule has 4 heteroatoms. The minimum atomic E-state index is -0.103. The third-order valence-electron chi connectivity index (χ3n) is 3.28. The highest BCUT2D eigenvalue weighted by Crippen LogP contribution is 2.25. The standard InChI is InChI=1S/C13H18N2O2/c16-9-11-7-4-8-14-12(11)15-13(17)10-5-2-1-3-6-10/h4,7-8,10,16H,1-3,5-6,9H2,(H,14,15,17). The summed E-state index contributed by atoms with van der Waals surface area (Å²) in [7, 11) is 0. The molecule has 2 N–H and O–H groups in total. The molecule has 4 nitrogen and oxygen atoms in total. The van der Waals surface area contributed by atoms with E-state index in [0.29, 0.717) is 11.4 Å². The number of amides is 1. The normalized spacial score (nSPS) is 16.8. The molecule has 1 aromatic heterocycles. The van der Waals surface area contributed by atoms with E-state index in [1.54, 1.807) is 18.3 Å². The fourth-order valence-electron chi connectivity index (χ4n) is 2.26. The van der Waals surface area contributed by atoms with Crippen molar-refractivity contribution in [1.82, 2.24) is 4.98 Å². The van der Waals surface area contributed by atoms with E-state index >= 15 is 0 Å². The zero-order valence-electron chi connectivity index (χ0n) is 9.85. The highest BCUT2D eigenvalue weighted by Gasteiger charge is 2.21. The number of aliphatic hydroxyl groups excluding tert-OH is 1. The summed E-state index contributed by atoms with van der Waals surface area (Å²) >= 11 is 0. The van der Waals surface area contributed by atoms with Gasteiger partial charge in [0, 0.05) is 17.7 Å². The van der Waals surface area contributed by atoms with Gasteiger partial charge in [0.1, 0.15) is 5.82 Å². The van der Waals surface area contributed by atoms with Gasteiger partial charge in [0.2, 0.25) is 5.91 Å². The molecular weight excluding hydrogens is 216 g/mol. The maximum Gasteiger partial charge on any atom is 0.228 e. The zero-order valence-corrected chi connectivity index (χ0v) is 9.85. The molecule has 0 saturated heterocycles. The van der Waals surface area contributed by atoms with Crippen molar-refractivity contribution < 1.29 is 9.90 Å². The van der Waals surface area contributed by atoms with E-state index in [-0.39, 0.29) is 18.4 Å². The molecule has 17 heavy (non-hydrogen) atoms. The lowest BCUT2D eigenvalue weighted by atomic mass is 9.88. The number of anilines is 1. The Kier molecular flexibility index (Phi) is 4.09. The van der Waals surface area contributed by atoms with Crippen LogP contribution in [0.4, 0.5) is 5.82 Å². The monoisotopic (exact) mass is 234 g/mol. The van der Waals surface area contributed by atoms with Crippen LogP contribution in [0.15, 0.2) is 18.3 Å². The molecule has 0 radical (unpaired) electrons. The number of hydrogen-bond donors (Lipinski definition) is 2. The molecule has 1 heterocycles. The zero-order chi connectivity index (χ0) is 12.1. The number of hydrogen-bond acceptors (Lipinski definition) is 3. The summed E-state index contributed by atoms with van der Waals surface area (Å²) in [5.41, 5.74) is 0.664. The molecule has 0 bridgehead atoms. The fraction of sp³-hybridized carbons (Fsp3) is 0.538. The van der Waals surface area contributed by atoms with Crippen LogP contribution in [-0.2, 0) is 11.4 Å². The number of aromatic nitrogens is 1. The SMILES string of the molecule is O=C(Nc1ncccc1CO)C1CCCCC1. The molecule has 1 aliphatic rings. The Morgan fingerprint density at radius 2 is 2.18 bits per heavy atom. The van der Waals surface area contributed by atoms with E-state index in [1.807, 2.05) is 0 Å². The molecule has 1 fully saturated rings. The second-order valence-corrected chi connectivity index (χ2v) is 4.49. The first-order valence-electron chi connectivity index (χ1n) is 6.17. The van der Waals surface area contributed by atoms with Crippen molar-refractivity contribution in [2.24, 2.45) is 5.92 Å². The van der Waals surface area contributed by atoms with Gasteiger partial charge in [0.05, 0.1) is 6.61 Å². The van der Waals surface area contributed by atoms with E-state index in [0.717, 1.165) is 25.7 Å². The number of nitrogens with zero attached hydrogens (tertiary/aromatic N) is 1. The maximum atomic E-state index is 12.0. The molecule has 0 unspecified atom stereocenters. The molecule has 0 spiro atoms. The second kappa shape index (κ2) is 5.77. The predicted octanol–water partition coefficient (Wildman–Crippen LogP) is 2.09. The van der Waals surface area contributed by atoms with Crippen molar-refractivity contribution in [3.8, 4) is 0 Å². The van der Waals surface area contributed by atoms with Gasteiger partial charge in [0.15, 0.2) is 0 Å². The molecule has 0 atom stereocenters. The van der Waals surface area contributed by atoms with Crippen LogP contribution in [0.25, 0.3) is 0 Å². The van der Waals surface area contributed by atoms with Crippen LogP contribution in [0.3, 0.4) is 0 Å². The average molecular weight is 234 g/mol. The summed E-state index contributed by atoms with van der Waals surface area (Å²) in [5.74, 6) is 0.640. The van der Waals surface area contributed by atoms with Crippen LogP contribution in [0.1, 0.15) is 37.7 Å². The van der Waals surface area contributed by atoms with Gasteiger partial charge in [-0.05, 0) is 18.9 Å². The molecule has 0 aromatic carbocycles. The second-order valence-electron chi connectivity index (χ2n) is 4.49. The van der Waals surface area contributed by atoms with E-state index < -0.39 is 0 Å². The Morgan fingerprint density at radius 1 is 1.41 bits per heavy atom. The van der Waals surface area contributed by atoms with Crippen LogP contribution < -0.4 is 5.32 Å². The molecule has 1 saturated carbocycles. The van der Waals surface area contributed by atoms with Crippen molar-refractivity contribution >= 4 is 11.7 Å². The third kappa shape index (κ3) is 3.03. The van der Waals surface area contributed by atoms with E-state index in [4.69, 9.17) is 5.11 Å². The first-order chi connectivity index (χ1) is 8.31. The van der Waals surface area contributed by atoms with Crippen molar-refractivity contribution in [2.75, 3.05) is 5.32 Å². The Bertz CT molecular complexity index is 387. The molecular formula is C13H18N2O2. The molecule has 92 valence electrons. The molecule has 1 aliphatic carbocycles. The summed E-state index contributed by atoms with van der Waals surface area (Å²) in [5, 5.41) is 12.0. The molecule has 2 rings (SSSR count). The van der Waals surface area contributed by atoms with Crippen LogP contribution >= 0.6 is 0 Å². The average Bonchev–Trinajstić information content (AvgIpc) is 2.40. The van der Waals surface area contributed by atoms with Gasteiger partial charge in [-0.1, -0.05) is 25.3 Å². The van der Waals surface area contributed by atoms with E-state index in [9.17, 15) is 4.79 Å². The van der Waals surface area contributed by atoms with Gasteiger partial charge in [-0.3, -0.25) is 4.79 Å². The fourth-order valence-corrected chi connectivity index (χ4v) is 2.26. The van der Waals surface area contributed by atoms with Gasteiger partial charge < -0.3 is 10.4 Å². The lowest BCUT2D eigenvalue weighted by Gasteiger charge is -2.20.